The summed E-state index contributed by atoms with van der Waals surface area (Å²) < 4.78 is 2.12. The Balaban J connectivity index is 2.00. The van der Waals surface area contributed by atoms with Crippen LogP contribution < -0.4 is 0 Å². The lowest BCUT2D eigenvalue weighted by molar-refractivity contribution is 0.349. The maximum Gasteiger partial charge on any atom is 0.108 e. The quantitative estimate of drug-likeness (QED) is 0.766. The molecule has 0 aliphatic heterocycles. The van der Waals surface area contributed by atoms with Gasteiger partial charge in [0.05, 0.1) is 0 Å². The zero-order valence-electron chi connectivity index (χ0n) is 13.3. The van der Waals surface area contributed by atoms with Gasteiger partial charge in [0.2, 0.25) is 0 Å². The van der Waals surface area contributed by atoms with Crippen molar-refractivity contribution >= 4 is 11.3 Å². The van der Waals surface area contributed by atoms with Crippen molar-refractivity contribution in [1.29, 1.82) is 0 Å². The fraction of sp³-hybridized carbons (Fsp3) is 0.588. The lowest BCUT2D eigenvalue weighted by atomic mass is 9.83. The highest BCUT2D eigenvalue weighted by atomic mass is 32.1. The molecule has 2 nitrogen and oxygen atoms in total. The molecule has 0 aliphatic rings. The van der Waals surface area contributed by atoms with Gasteiger partial charge in [0.15, 0.2) is 0 Å². The van der Waals surface area contributed by atoms with Gasteiger partial charge in [-0.1, -0.05) is 27.7 Å². The van der Waals surface area contributed by atoms with Crippen LogP contribution in [0.15, 0.2) is 23.8 Å². The molecule has 0 radical (unpaired) electrons. The molecule has 2 aromatic rings. The highest BCUT2D eigenvalue weighted by molar-refractivity contribution is 7.10. The SMILES string of the molecule is CC(C)Cc1cc(CC(C)(C)Cc2nccn2C)cs1. The molecule has 3 heteroatoms. The van der Waals surface area contributed by atoms with E-state index < -0.39 is 0 Å². The number of hydrogen-bond donors (Lipinski definition) is 0. The molecule has 0 atom stereocenters. The molecule has 0 fully saturated rings. The molecule has 2 rings (SSSR count). The second kappa shape index (κ2) is 6.13. The van der Waals surface area contributed by atoms with E-state index in [1.807, 2.05) is 23.7 Å². The minimum absolute atomic E-state index is 0.245. The summed E-state index contributed by atoms with van der Waals surface area (Å²) in [6, 6.07) is 2.39. The zero-order chi connectivity index (χ0) is 14.8. The lowest BCUT2D eigenvalue weighted by Crippen LogP contribution is -2.20. The number of thiophene rings is 1. The molecule has 0 amide bonds. The van der Waals surface area contributed by atoms with E-state index in [2.05, 4.69) is 55.7 Å². The zero-order valence-corrected chi connectivity index (χ0v) is 14.1. The average molecular weight is 290 g/mol. The van der Waals surface area contributed by atoms with Gasteiger partial charge >= 0.3 is 0 Å². The van der Waals surface area contributed by atoms with Crippen LogP contribution in [0.5, 0.6) is 0 Å². The van der Waals surface area contributed by atoms with E-state index in [1.165, 1.54) is 22.7 Å². The molecule has 0 aliphatic carbocycles. The summed E-state index contributed by atoms with van der Waals surface area (Å²) in [6.45, 7) is 9.23. The fourth-order valence-corrected chi connectivity index (χ4v) is 3.74. The minimum Gasteiger partial charge on any atom is -0.338 e. The summed E-state index contributed by atoms with van der Waals surface area (Å²) in [5.41, 5.74) is 1.72. The summed E-state index contributed by atoms with van der Waals surface area (Å²) in [4.78, 5) is 5.97. The first-order valence-electron chi connectivity index (χ1n) is 7.38. The van der Waals surface area contributed by atoms with E-state index in [0.29, 0.717) is 0 Å². The third-order valence-electron chi connectivity index (χ3n) is 3.56. The largest absolute Gasteiger partial charge is 0.338 e. The van der Waals surface area contributed by atoms with Gasteiger partial charge in [0.1, 0.15) is 5.82 Å². The van der Waals surface area contributed by atoms with Crippen molar-refractivity contribution < 1.29 is 0 Å². The number of nitrogens with zero attached hydrogens (tertiary/aromatic N) is 2. The normalized spacial score (nSPS) is 12.3. The summed E-state index contributed by atoms with van der Waals surface area (Å²) >= 11 is 1.91. The molecule has 0 saturated carbocycles. The van der Waals surface area contributed by atoms with Gasteiger partial charge in [0, 0.05) is 30.7 Å². The van der Waals surface area contributed by atoms with E-state index in [-0.39, 0.29) is 5.41 Å². The molecule has 20 heavy (non-hydrogen) atoms. The Morgan fingerprint density at radius 1 is 1.30 bits per heavy atom. The summed E-state index contributed by atoms with van der Waals surface area (Å²) in [5.74, 6) is 1.91. The highest BCUT2D eigenvalue weighted by Gasteiger charge is 2.22. The maximum absolute atomic E-state index is 4.45. The molecule has 0 N–H and O–H groups in total. The van der Waals surface area contributed by atoms with Crippen LogP contribution in [0.3, 0.4) is 0 Å². The van der Waals surface area contributed by atoms with Crippen LogP contribution in [0.2, 0.25) is 0 Å². The Labute approximate surface area is 126 Å². The molecular formula is C17H26N2S. The van der Waals surface area contributed by atoms with E-state index in [9.17, 15) is 0 Å². The van der Waals surface area contributed by atoms with Gasteiger partial charge in [-0.25, -0.2) is 4.98 Å². The van der Waals surface area contributed by atoms with Crippen LogP contribution in [0.1, 0.15) is 44.0 Å². The van der Waals surface area contributed by atoms with Crippen molar-refractivity contribution in [3.05, 3.63) is 40.1 Å². The van der Waals surface area contributed by atoms with Gasteiger partial charge < -0.3 is 4.57 Å². The Hall–Kier alpha value is -1.09. The average Bonchev–Trinajstić information content (AvgIpc) is 2.88. The first kappa shape index (κ1) is 15.3. The third-order valence-corrected chi connectivity index (χ3v) is 4.57. The van der Waals surface area contributed by atoms with Crippen molar-refractivity contribution in [2.45, 2.75) is 47.0 Å². The summed E-state index contributed by atoms with van der Waals surface area (Å²) in [7, 11) is 2.07. The predicted molar refractivity (Wildman–Crippen MR) is 87.3 cm³/mol. The Bertz CT molecular complexity index is 549. The molecule has 110 valence electrons. The van der Waals surface area contributed by atoms with Crippen LogP contribution in [-0.2, 0) is 26.3 Å². The lowest BCUT2D eigenvalue weighted by Gasteiger charge is -2.23. The second-order valence-corrected chi connectivity index (χ2v) is 7.99. The second-order valence-electron chi connectivity index (χ2n) is 6.99. The van der Waals surface area contributed by atoms with Crippen molar-refractivity contribution in [2.75, 3.05) is 0 Å². The number of aromatic nitrogens is 2. The molecule has 0 spiro atoms. The predicted octanol–water partition coefficient (Wildman–Crippen LogP) is 4.49. The highest BCUT2D eigenvalue weighted by Crippen LogP contribution is 2.29. The first-order valence-corrected chi connectivity index (χ1v) is 8.26. The van der Waals surface area contributed by atoms with Crippen LogP contribution >= 0.6 is 11.3 Å². The number of imidazole rings is 1. The van der Waals surface area contributed by atoms with Crippen molar-refractivity contribution in [2.24, 2.45) is 18.4 Å². The molecule has 2 aromatic heterocycles. The van der Waals surface area contributed by atoms with Crippen LogP contribution in [0, 0.1) is 11.3 Å². The molecule has 2 heterocycles. The molecule has 0 unspecified atom stereocenters. The van der Waals surface area contributed by atoms with Gasteiger partial charge in [-0.2, -0.15) is 0 Å². The van der Waals surface area contributed by atoms with E-state index in [0.717, 1.165) is 18.8 Å². The van der Waals surface area contributed by atoms with E-state index in [4.69, 9.17) is 0 Å². The maximum atomic E-state index is 4.45. The molecule has 0 aromatic carbocycles. The molecule has 0 saturated heterocycles. The Morgan fingerprint density at radius 3 is 2.65 bits per heavy atom. The topological polar surface area (TPSA) is 17.8 Å². The van der Waals surface area contributed by atoms with E-state index in [1.54, 1.807) is 0 Å². The van der Waals surface area contributed by atoms with Crippen LogP contribution in [0.4, 0.5) is 0 Å². The number of rotatable bonds is 6. The monoisotopic (exact) mass is 290 g/mol. The minimum atomic E-state index is 0.245. The number of aryl methyl sites for hydroxylation is 1. The smallest absolute Gasteiger partial charge is 0.108 e. The van der Waals surface area contributed by atoms with Crippen LogP contribution in [-0.4, -0.2) is 9.55 Å². The summed E-state index contributed by atoms with van der Waals surface area (Å²) in [6.07, 6.45) is 7.25. The Morgan fingerprint density at radius 2 is 2.05 bits per heavy atom. The number of hydrogen-bond acceptors (Lipinski definition) is 2. The summed E-state index contributed by atoms with van der Waals surface area (Å²) in [5, 5.41) is 2.33. The van der Waals surface area contributed by atoms with Crippen molar-refractivity contribution in [1.82, 2.24) is 9.55 Å². The third kappa shape index (κ3) is 4.20. The molecule has 0 bridgehead atoms. The molecular weight excluding hydrogens is 264 g/mol. The van der Waals surface area contributed by atoms with Crippen molar-refractivity contribution in [3.8, 4) is 0 Å². The van der Waals surface area contributed by atoms with E-state index >= 15 is 0 Å². The fourth-order valence-electron chi connectivity index (χ4n) is 2.64. The van der Waals surface area contributed by atoms with Gasteiger partial charge in [-0.05, 0) is 41.2 Å². The van der Waals surface area contributed by atoms with Gasteiger partial charge in [0.25, 0.3) is 0 Å². The standard InChI is InChI=1S/C17H26N2S/c1-13(2)8-15-9-14(12-20-15)10-17(3,4)11-16-18-6-7-19(16)5/h6-7,9,12-13H,8,10-11H2,1-5H3. The van der Waals surface area contributed by atoms with Crippen molar-refractivity contribution in [3.63, 3.8) is 0 Å². The Kier molecular flexibility index (Phi) is 4.69. The first-order chi connectivity index (χ1) is 9.35. The van der Waals surface area contributed by atoms with Gasteiger partial charge in [-0.15, -0.1) is 11.3 Å². The van der Waals surface area contributed by atoms with Crippen LogP contribution in [0.25, 0.3) is 0 Å². The van der Waals surface area contributed by atoms with Gasteiger partial charge in [-0.3, -0.25) is 0 Å².